The monoisotopic (exact) mass is 300 g/mol. The molecular weight excluding hydrogens is 284 g/mol. The van der Waals surface area contributed by atoms with Crippen molar-refractivity contribution in [3.05, 3.63) is 53.6 Å². The van der Waals surface area contributed by atoms with Crippen molar-refractivity contribution in [1.82, 2.24) is 5.43 Å². The summed E-state index contributed by atoms with van der Waals surface area (Å²) in [5, 5.41) is 13.1. The Balaban J connectivity index is 2.09. The maximum absolute atomic E-state index is 11.9. The number of aromatic hydroxyl groups is 1. The largest absolute Gasteiger partial charge is 0.508 e. The van der Waals surface area contributed by atoms with E-state index in [1.165, 1.54) is 37.6 Å². The fraction of sp³-hybridized carbons (Fsp3) is 0.125. The number of hydrogen-bond donors (Lipinski definition) is 2. The molecule has 0 bridgehead atoms. The van der Waals surface area contributed by atoms with Crippen molar-refractivity contribution in [2.45, 2.75) is 0 Å². The number of phenols is 1. The molecule has 2 aromatic rings. The van der Waals surface area contributed by atoms with Crippen molar-refractivity contribution in [2.24, 2.45) is 5.10 Å². The number of nitrogens with one attached hydrogen (secondary N) is 1. The van der Waals surface area contributed by atoms with Crippen LogP contribution in [0.15, 0.2) is 47.6 Å². The maximum atomic E-state index is 11.9. The van der Waals surface area contributed by atoms with Gasteiger partial charge in [-0.05, 0) is 36.4 Å². The van der Waals surface area contributed by atoms with Crippen LogP contribution in [0.3, 0.4) is 0 Å². The van der Waals surface area contributed by atoms with Gasteiger partial charge in [0.1, 0.15) is 5.75 Å². The van der Waals surface area contributed by atoms with Crippen LogP contribution in [0.5, 0.6) is 17.2 Å². The summed E-state index contributed by atoms with van der Waals surface area (Å²) in [6.45, 7) is 0. The van der Waals surface area contributed by atoms with Gasteiger partial charge in [0.2, 0.25) is 0 Å². The molecule has 2 rings (SSSR count). The minimum absolute atomic E-state index is 0.0983. The molecule has 6 nitrogen and oxygen atoms in total. The molecule has 1 amide bonds. The van der Waals surface area contributed by atoms with E-state index >= 15 is 0 Å². The number of phenolic OH excluding ortho intramolecular Hbond substituents is 1. The van der Waals surface area contributed by atoms with Crippen molar-refractivity contribution in [3.63, 3.8) is 0 Å². The zero-order valence-corrected chi connectivity index (χ0v) is 12.2. The Hall–Kier alpha value is -3.02. The smallest absolute Gasteiger partial charge is 0.271 e. The summed E-state index contributed by atoms with van der Waals surface area (Å²) in [6, 6.07) is 11.2. The van der Waals surface area contributed by atoms with Gasteiger partial charge in [-0.3, -0.25) is 4.79 Å². The zero-order valence-electron chi connectivity index (χ0n) is 12.2. The highest BCUT2D eigenvalue weighted by Crippen LogP contribution is 2.29. The zero-order chi connectivity index (χ0) is 15.9. The maximum Gasteiger partial charge on any atom is 0.271 e. The second-order valence-corrected chi connectivity index (χ2v) is 4.33. The third-order valence-corrected chi connectivity index (χ3v) is 2.93. The summed E-state index contributed by atoms with van der Waals surface area (Å²) in [7, 11) is 3.08. The van der Waals surface area contributed by atoms with E-state index in [2.05, 4.69) is 10.5 Å². The first-order chi connectivity index (χ1) is 10.7. The number of rotatable bonds is 5. The Morgan fingerprint density at radius 3 is 2.50 bits per heavy atom. The minimum atomic E-state index is -0.377. The first-order valence-electron chi connectivity index (χ1n) is 6.49. The van der Waals surface area contributed by atoms with Gasteiger partial charge in [-0.25, -0.2) is 5.43 Å². The van der Waals surface area contributed by atoms with Gasteiger partial charge in [-0.2, -0.15) is 5.10 Å². The molecule has 0 atom stereocenters. The minimum Gasteiger partial charge on any atom is -0.508 e. The number of carbonyl (C=O) groups is 1. The first kappa shape index (κ1) is 15.4. The second-order valence-electron chi connectivity index (χ2n) is 4.33. The summed E-state index contributed by atoms with van der Waals surface area (Å²) < 4.78 is 10.5. The highest BCUT2D eigenvalue weighted by atomic mass is 16.5. The Labute approximate surface area is 128 Å². The Morgan fingerprint density at radius 2 is 1.86 bits per heavy atom. The van der Waals surface area contributed by atoms with Gasteiger partial charge in [0.25, 0.3) is 5.91 Å². The molecule has 0 aliphatic heterocycles. The van der Waals surface area contributed by atoms with E-state index in [1.807, 2.05) is 0 Å². The average molecular weight is 300 g/mol. The van der Waals surface area contributed by atoms with Gasteiger partial charge < -0.3 is 14.6 Å². The van der Waals surface area contributed by atoms with Crippen LogP contribution in [0.25, 0.3) is 0 Å². The van der Waals surface area contributed by atoms with Gasteiger partial charge >= 0.3 is 0 Å². The number of methoxy groups -OCH3 is 2. The van der Waals surface area contributed by atoms with E-state index in [4.69, 9.17) is 9.47 Å². The lowest BCUT2D eigenvalue weighted by atomic mass is 10.2. The summed E-state index contributed by atoms with van der Waals surface area (Å²) in [5.41, 5.74) is 3.48. The number of carbonyl (C=O) groups excluding carboxylic acids is 1. The molecule has 0 spiro atoms. The molecule has 0 aliphatic rings. The van der Waals surface area contributed by atoms with Crippen LogP contribution in [0.4, 0.5) is 0 Å². The lowest BCUT2D eigenvalue weighted by Crippen LogP contribution is -2.17. The molecule has 22 heavy (non-hydrogen) atoms. The van der Waals surface area contributed by atoms with Crippen LogP contribution in [-0.2, 0) is 0 Å². The number of hydrazone groups is 1. The van der Waals surface area contributed by atoms with Crippen LogP contribution < -0.4 is 14.9 Å². The predicted octanol–water partition coefficient (Wildman–Crippen LogP) is 2.17. The van der Waals surface area contributed by atoms with Crippen LogP contribution >= 0.6 is 0 Å². The molecule has 0 heterocycles. The van der Waals surface area contributed by atoms with Gasteiger partial charge in [0.05, 0.1) is 20.4 Å². The van der Waals surface area contributed by atoms with Crippen molar-refractivity contribution in [2.75, 3.05) is 14.2 Å². The molecule has 6 heteroatoms. The molecule has 0 aromatic heterocycles. The van der Waals surface area contributed by atoms with E-state index in [0.717, 1.165) is 0 Å². The number of amides is 1. The first-order valence-corrected chi connectivity index (χ1v) is 6.49. The van der Waals surface area contributed by atoms with Crippen molar-refractivity contribution in [1.29, 1.82) is 0 Å². The fourth-order valence-electron chi connectivity index (χ4n) is 1.85. The van der Waals surface area contributed by atoms with Gasteiger partial charge in [-0.15, -0.1) is 0 Å². The van der Waals surface area contributed by atoms with E-state index in [0.29, 0.717) is 22.6 Å². The highest BCUT2D eigenvalue weighted by Gasteiger charge is 2.08. The number of ether oxygens (including phenoxy) is 2. The van der Waals surface area contributed by atoms with E-state index < -0.39 is 0 Å². The fourth-order valence-corrected chi connectivity index (χ4v) is 1.85. The lowest BCUT2D eigenvalue weighted by Gasteiger charge is -2.09. The number of benzene rings is 2. The quantitative estimate of drug-likeness (QED) is 0.655. The third-order valence-electron chi connectivity index (χ3n) is 2.93. The van der Waals surface area contributed by atoms with Crippen LogP contribution in [0.2, 0.25) is 0 Å². The van der Waals surface area contributed by atoms with Gasteiger partial charge in [0.15, 0.2) is 11.5 Å². The average Bonchev–Trinajstić information content (AvgIpc) is 2.55. The second kappa shape index (κ2) is 7.12. The summed E-state index contributed by atoms with van der Waals surface area (Å²) in [4.78, 5) is 11.9. The van der Waals surface area contributed by atoms with Crippen molar-refractivity contribution in [3.8, 4) is 17.2 Å². The summed E-state index contributed by atoms with van der Waals surface area (Å²) >= 11 is 0. The molecule has 0 radical (unpaired) electrons. The topological polar surface area (TPSA) is 80.2 Å². The summed E-state index contributed by atoms with van der Waals surface area (Å²) in [6.07, 6.45) is 1.47. The van der Waals surface area contributed by atoms with Crippen molar-refractivity contribution < 1.29 is 19.4 Å². The normalized spacial score (nSPS) is 10.5. The highest BCUT2D eigenvalue weighted by molar-refractivity contribution is 5.95. The molecule has 2 N–H and O–H groups in total. The Morgan fingerprint density at radius 1 is 1.14 bits per heavy atom. The van der Waals surface area contributed by atoms with Gasteiger partial charge in [0, 0.05) is 11.1 Å². The molecule has 0 unspecified atom stereocenters. The van der Waals surface area contributed by atoms with E-state index in [-0.39, 0.29) is 11.7 Å². The lowest BCUT2D eigenvalue weighted by molar-refractivity contribution is 0.0955. The van der Waals surface area contributed by atoms with Crippen LogP contribution in [0, 0.1) is 0 Å². The molecule has 2 aromatic carbocycles. The SMILES string of the molecule is COc1cccc(/C=N\NC(=O)c2ccc(O)cc2)c1OC. The predicted molar refractivity (Wildman–Crippen MR) is 82.7 cm³/mol. The number of hydrogen-bond acceptors (Lipinski definition) is 5. The van der Waals surface area contributed by atoms with Gasteiger partial charge in [-0.1, -0.05) is 6.07 Å². The van der Waals surface area contributed by atoms with Crippen LogP contribution in [-0.4, -0.2) is 31.4 Å². The third kappa shape index (κ3) is 3.54. The molecule has 0 saturated carbocycles. The summed E-state index contributed by atoms with van der Waals surface area (Å²) in [5.74, 6) is 0.836. The molecule has 0 aliphatic carbocycles. The van der Waals surface area contributed by atoms with E-state index in [9.17, 15) is 9.90 Å². The molecule has 0 saturated heterocycles. The Kier molecular flexibility index (Phi) is 4.98. The number of para-hydroxylation sites is 1. The van der Waals surface area contributed by atoms with E-state index in [1.54, 1.807) is 25.3 Å². The van der Waals surface area contributed by atoms with Crippen LogP contribution in [0.1, 0.15) is 15.9 Å². The molecule has 114 valence electrons. The number of nitrogens with zero attached hydrogens (tertiary/aromatic N) is 1. The molecule has 0 fully saturated rings. The Bertz CT molecular complexity index is 681. The molecular formula is C16H16N2O4. The standard InChI is InChI=1S/C16H16N2O4/c1-21-14-5-3-4-12(15(14)22-2)10-17-18-16(20)11-6-8-13(19)9-7-11/h3-10,19H,1-2H3,(H,18,20)/b17-10-. The van der Waals surface area contributed by atoms with Crippen molar-refractivity contribution >= 4 is 12.1 Å².